The van der Waals surface area contributed by atoms with Gasteiger partial charge in [-0.05, 0) is 73.1 Å². The van der Waals surface area contributed by atoms with Crippen molar-refractivity contribution in [2.24, 2.45) is 0 Å². The highest BCUT2D eigenvalue weighted by Gasteiger charge is 2.30. The number of alkyl halides is 3. The van der Waals surface area contributed by atoms with Gasteiger partial charge in [-0.25, -0.2) is 0 Å². The second-order valence-electron chi connectivity index (χ2n) is 9.92. The Bertz CT molecular complexity index is 1290. The highest BCUT2D eigenvalue weighted by molar-refractivity contribution is 5.85. The summed E-state index contributed by atoms with van der Waals surface area (Å²) in [7, 11) is 0. The highest BCUT2D eigenvalue weighted by Crippen LogP contribution is 2.33. The Morgan fingerprint density at radius 3 is 2.44 bits per heavy atom. The molecular formula is C33H37ClF3NO3. The van der Waals surface area contributed by atoms with E-state index in [1.165, 1.54) is 12.1 Å². The van der Waals surface area contributed by atoms with Crippen molar-refractivity contribution in [3.8, 4) is 16.9 Å². The third-order valence-corrected chi connectivity index (χ3v) is 7.04. The number of carbonyl (C=O) groups excluding carboxylic acids is 1. The van der Waals surface area contributed by atoms with Crippen molar-refractivity contribution < 1.29 is 27.4 Å². The Labute approximate surface area is 246 Å². The third kappa shape index (κ3) is 9.65. The summed E-state index contributed by atoms with van der Waals surface area (Å²) in [5, 5.41) is 0. The molecule has 8 heteroatoms. The summed E-state index contributed by atoms with van der Waals surface area (Å²) < 4.78 is 50.5. The lowest BCUT2D eigenvalue weighted by Crippen LogP contribution is -2.30. The predicted molar refractivity (Wildman–Crippen MR) is 159 cm³/mol. The smallest absolute Gasteiger partial charge is 0.416 e. The molecule has 220 valence electrons. The van der Waals surface area contributed by atoms with E-state index in [0.29, 0.717) is 44.6 Å². The van der Waals surface area contributed by atoms with Crippen LogP contribution in [0.15, 0.2) is 78.9 Å². The zero-order valence-electron chi connectivity index (χ0n) is 23.3. The first kappa shape index (κ1) is 32.2. The number of nitrogens with zero attached hydrogens (tertiary/aromatic N) is 1. The number of hydrogen-bond donors (Lipinski definition) is 0. The molecule has 1 heterocycles. The fourth-order valence-corrected chi connectivity index (χ4v) is 4.84. The van der Waals surface area contributed by atoms with Crippen LogP contribution in [0.3, 0.4) is 0 Å². The zero-order valence-corrected chi connectivity index (χ0v) is 24.1. The molecule has 41 heavy (non-hydrogen) atoms. The second-order valence-corrected chi connectivity index (χ2v) is 9.92. The number of benzene rings is 3. The molecule has 0 fully saturated rings. The van der Waals surface area contributed by atoms with Gasteiger partial charge in [-0.15, -0.1) is 12.4 Å². The van der Waals surface area contributed by atoms with E-state index in [4.69, 9.17) is 9.47 Å². The van der Waals surface area contributed by atoms with Crippen molar-refractivity contribution in [3.63, 3.8) is 0 Å². The van der Waals surface area contributed by atoms with Crippen molar-refractivity contribution >= 4 is 23.9 Å². The zero-order chi connectivity index (χ0) is 28.4. The highest BCUT2D eigenvalue weighted by atomic mass is 35.5. The summed E-state index contributed by atoms with van der Waals surface area (Å²) in [6.45, 7) is 5.06. The standard InChI is InChI=1S/C33H36F3NO3.ClH/c1-2-39-32(38)13-6-7-22-40-31-23-25(14-15-30(31)27-9-4-3-5-10-27)16-19-37-20-17-26(18-21-37)28-11-8-12-29(24-28)33(34,35)36;/h3-5,8-12,14-15,17,23-24H,2,6-7,13,16,18-22H2,1H3;1H. The molecule has 0 atom stereocenters. The van der Waals surface area contributed by atoms with E-state index in [1.54, 1.807) is 13.0 Å². The van der Waals surface area contributed by atoms with Crippen LogP contribution in [0.1, 0.15) is 49.3 Å². The van der Waals surface area contributed by atoms with Gasteiger partial charge in [0.15, 0.2) is 0 Å². The van der Waals surface area contributed by atoms with E-state index in [-0.39, 0.29) is 18.4 Å². The average molecular weight is 588 g/mol. The first-order valence-corrected chi connectivity index (χ1v) is 13.9. The molecule has 0 aliphatic carbocycles. The van der Waals surface area contributed by atoms with Crippen molar-refractivity contribution in [2.75, 3.05) is 32.8 Å². The monoisotopic (exact) mass is 587 g/mol. The number of rotatable bonds is 12. The van der Waals surface area contributed by atoms with E-state index in [9.17, 15) is 18.0 Å². The normalized spacial score (nSPS) is 13.7. The Balaban J connectivity index is 0.00000462. The van der Waals surface area contributed by atoms with Crippen molar-refractivity contribution in [1.29, 1.82) is 0 Å². The molecule has 1 aliphatic heterocycles. The fourth-order valence-electron chi connectivity index (χ4n) is 4.84. The molecule has 0 saturated heterocycles. The molecule has 0 bridgehead atoms. The third-order valence-electron chi connectivity index (χ3n) is 7.04. The first-order chi connectivity index (χ1) is 19.3. The molecule has 3 aromatic carbocycles. The van der Waals surface area contributed by atoms with Crippen LogP contribution in [-0.2, 0) is 22.1 Å². The topological polar surface area (TPSA) is 38.8 Å². The van der Waals surface area contributed by atoms with Crippen LogP contribution in [0, 0.1) is 0 Å². The maximum Gasteiger partial charge on any atom is 0.416 e. The van der Waals surface area contributed by atoms with Gasteiger partial charge < -0.3 is 9.47 Å². The first-order valence-electron chi connectivity index (χ1n) is 13.9. The number of hydrogen-bond acceptors (Lipinski definition) is 4. The van der Waals surface area contributed by atoms with E-state index >= 15 is 0 Å². The molecule has 0 spiro atoms. The van der Waals surface area contributed by atoms with E-state index in [0.717, 1.165) is 60.0 Å². The number of esters is 1. The Morgan fingerprint density at radius 2 is 1.73 bits per heavy atom. The minimum atomic E-state index is -4.33. The number of halogens is 4. The maximum absolute atomic E-state index is 13.1. The molecule has 0 aromatic heterocycles. The van der Waals surface area contributed by atoms with Crippen molar-refractivity contribution in [3.05, 3.63) is 95.6 Å². The summed E-state index contributed by atoms with van der Waals surface area (Å²) in [6.07, 6.45) is 1.12. The summed E-state index contributed by atoms with van der Waals surface area (Å²) in [4.78, 5) is 13.9. The molecule has 0 radical (unpaired) electrons. The van der Waals surface area contributed by atoms with Gasteiger partial charge in [-0.2, -0.15) is 13.2 Å². The largest absolute Gasteiger partial charge is 0.493 e. The molecule has 0 unspecified atom stereocenters. The van der Waals surface area contributed by atoms with Gasteiger partial charge in [0.05, 0.1) is 18.8 Å². The summed E-state index contributed by atoms with van der Waals surface area (Å²) in [6, 6.07) is 22.0. The van der Waals surface area contributed by atoms with Crippen LogP contribution in [0.25, 0.3) is 16.7 Å². The lowest BCUT2D eigenvalue weighted by atomic mass is 9.97. The summed E-state index contributed by atoms with van der Waals surface area (Å²) >= 11 is 0. The van der Waals surface area contributed by atoms with Crippen LogP contribution in [0.4, 0.5) is 13.2 Å². The lowest BCUT2D eigenvalue weighted by Gasteiger charge is -2.27. The summed E-state index contributed by atoms with van der Waals surface area (Å²) in [5.74, 6) is 0.647. The predicted octanol–water partition coefficient (Wildman–Crippen LogP) is 8.24. The van der Waals surface area contributed by atoms with Gasteiger partial charge in [0.2, 0.25) is 0 Å². The SMILES string of the molecule is CCOC(=O)CCCCOc1cc(CCN2CC=C(c3cccc(C(F)(F)F)c3)CC2)ccc1-c1ccccc1.Cl. The molecule has 3 aromatic rings. The fraction of sp³-hybridized carbons (Fsp3) is 0.364. The molecule has 0 N–H and O–H groups in total. The number of ether oxygens (including phenoxy) is 2. The molecule has 4 nitrogen and oxygen atoms in total. The molecule has 4 rings (SSSR count). The Hall–Kier alpha value is -3.29. The molecular weight excluding hydrogens is 551 g/mol. The quantitative estimate of drug-likeness (QED) is 0.158. The van der Waals surface area contributed by atoms with Gasteiger partial charge in [-0.3, -0.25) is 9.69 Å². The van der Waals surface area contributed by atoms with Crippen molar-refractivity contribution in [1.82, 2.24) is 4.90 Å². The lowest BCUT2D eigenvalue weighted by molar-refractivity contribution is -0.143. The number of unbranched alkanes of at least 4 members (excludes halogenated alkanes) is 1. The van der Waals surface area contributed by atoms with Crippen LogP contribution in [0.2, 0.25) is 0 Å². The maximum atomic E-state index is 13.1. The molecule has 0 amide bonds. The van der Waals surface area contributed by atoms with Gasteiger partial charge in [-0.1, -0.05) is 60.7 Å². The molecule has 1 aliphatic rings. The van der Waals surface area contributed by atoms with Crippen molar-refractivity contribution in [2.45, 2.75) is 45.2 Å². The van der Waals surface area contributed by atoms with Crippen LogP contribution in [-0.4, -0.2) is 43.7 Å². The van der Waals surface area contributed by atoms with Crippen LogP contribution >= 0.6 is 12.4 Å². The van der Waals surface area contributed by atoms with Crippen LogP contribution < -0.4 is 4.74 Å². The Morgan fingerprint density at radius 1 is 0.951 bits per heavy atom. The van der Waals surface area contributed by atoms with E-state index < -0.39 is 11.7 Å². The van der Waals surface area contributed by atoms with Crippen LogP contribution in [0.5, 0.6) is 5.75 Å². The summed E-state index contributed by atoms with van der Waals surface area (Å²) in [5.41, 5.74) is 4.28. The Kier molecular flexibility index (Phi) is 12.3. The van der Waals surface area contributed by atoms with Gasteiger partial charge in [0, 0.05) is 31.6 Å². The minimum absolute atomic E-state index is 0. The molecule has 0 saturated carbocycles. The van der Waals surface area contributed by atoms with Gasteiger partial charge >= 0.3 is 12.1 Å². The average Bonchev–Trinajstić information content (AvgIpc) is 2.96. The minimum Gasteiger partial charge on any atom is -0.493 e. The van der Waals surface area contributed by atoms with E-state index in [2.05, 4.69) is 35.2 Å². The van der Waals surface area contributed by atoms with E-state index in [1.807, 2.05) is 24.3 Å². The van der Waals surface area contributed by atoms with Gasteiger partial charge in [0.1, 0.15) is 5.75 Å². The van der Waals surface area contributed by atoms with Gasteiger partial charge in [0.25, 0.3) is 0 Å². The number of carbonyl (C=O) groups is 1. The second kappa shape index (κ2) is 15.6.